The van der Waals surface area contributed by atoms with E-state index in [9.17, 15) is 22.8 Å². The Morgan fingerprint density at radius 2 is 1.73 bits per heavy atom. The fourth-order valence-electron chi connectivity index (χ4n) is 4.80. The smallest absolute Gasteiger partial charge is 0.242 e. The maximum absolute atomic E-state index is 12.8. The lowest BCUT2D eigenvalue weighted by Crippen LogP contribution is -2.36. The summed E-state index contributed by atoms with van der Waals surface area (Å²) in [5, 5.41) is 0. The van der Waals surface area contributed by atoms with Crippen LogP contribution in [-0.4, -0.2) is 62.5 Å². The van der Waals surface area contributed by atoms with Crippen LogP contribution in [0.15, 0.2) is 23.1 Å². The normalized spacial score (nSPS) is 23.8. The SMILES string of the molecule is CN(C)S(=O)(=O)c1ccc2c(c1)CCN2C(=O)CCN1C(=O)[C@@H]2CCCC[C@H]2C1=O. The van der Waals surface area contributed by atoms with E-state index in [4.69, 9.17) is 0 Å². The number of rotatable bonds is 5. The van der Waals surface area contributed by atoms with E-state index in [2.05, 4.69) is 0 Å². The highest BCUT2D eigenvalue weighted by atomic mass is 32.2. The number of hydrogen-bond donors (Lipinski definition) is 0. The Morgan fingerprint density at radius 1 is 1.10 bits per heavy atom. The minimum atomic E-state index is -3.53. The summed E-state index contributed by atoms with van der Waals surface area (Å²) >= 11 is 0. The fourth-order valence-corrected chi connectivity index (χ4v) is 5.76. The molecule has 0 N–H and O–H groups in total. The van der Waals surface area contributed by atoms with Crippen molar-refractivity contribution >= 4 is 33.4 Å². The van der Waals surface area contributed by atoms with Gasteiger partial charge in [0.2, 0.25) is 27.7 Å². The van der Waals surface area contributed by atoms with Crippen LogP contribution >= 0.6 is 0 Å². The van der Waals surface area contributed by atoms with Gasteiger partial charge in [-0.05, 0) is 43.0 Å². The van der Waals surface area contributed by atoms with Crippen LogP contribution < -0.4 is 4.90 Å². The van der Waals surface area contributed by atoms with Gasteiger partial charge >= 0.3 is 0 Å². The maximum atomic E-state index is 12.8. The molecule has 162 valence electrons. The lowest BCUT2D eigenvalue weighted by atomic mass is 9.81. The number of likely N-dealkylation sites (tertiary alicyclic amines) is 1. The second-order valence-electron chi connectivity index (χ2n) is 8.45. The monoisotopic (exact) mass is 433 g/mol. The predicted octanol–water partition coefficient (Wildman–Crippen LogP) is 1.39. The number of fused-ring (bicyclic) bond motifs is 2. The number of hydrogen-bond acceptors (Lipinski definition) is 5. The molecule has 0 spiro atoms. The van der Waals surface area contributed by atoms with Crippen LogP contribution in [-0.2, 0) is 30.8 Å². The first-order valence-electron chi connectivity index (χ1n) is 10.4. The van der Waals surface area contributed by atoms with Gasteiger partial charge in [-0.1, -0.05) is 12.8 Å². The van der Waals surface area contributed by atoms with E-state index in [-0.39, 0.29) is 47.4 Å². The molecule has 1 aromatic rings. The fraction of sp³-hybridized carbons (Fsp3) is 0.571. The second-order valence-corrected chi connectivity index (χ2v) is 10.6. The van der Waals surface area contributed by atoms with Crippen molar-refractivity contribution in [2.75, 3.05) is 32.1 Å². The molecule has 9 heteroatoms. The van der Waals surface area contributed by atoms with Crippen LogP contribution in [0.4, 0.5) is 5.69 Å². The molecule has 2 atom stereocenters. The van der Waals surface area contributed by atoms with Gasteiger partial charge in [0, 0.05) is 39.3 Å². The molecule has 2 heterocycles. The number of anilines is 1. The van der Waals surface area contributed by atoms with Gasteiger partial charge in [-0.25, -0.2) is 12.7 Å². The van der Waals surface area contributed by atoms with Crippen molar-refractivity contribution in [2.45, 2.75) is 43.4 Å². The van der Waals surface area contributed by atoms with Crippen molar-refractivity contribution in [2.24, 2.45) is 11.8 Å². The van der Waals surface area contributed by atoms with Crippen LogP contribution in [0.1, 0.15) is 37.7 Å². The average Bonchev–Trinajstić information content (AvgIpc) is 3.26. The molecule has 3 amide bonds. The summed E-state index contributed by atoms with van der Waals surface area (Å²) in [5.74, 6) is -0.819. The lowest BCUT2D eigenvalue weighted by molar-refractivity contribution is -0.140. The van der Waals surface area contributed by atoms with E-state index >= 15 is 0 Å². The zero-order valence-electron chi connectivity index (χ0n) is 17.3. The molecule has 2 aliphatic heterocycles. The highest BCUT2D eigenvalue weighted by molar-refractivity contribution is 7.89. The molecular formula is C21H27N3O5S. The van der Waals surface area contributed by atoms with Gasteiger partial charge in [-0.15, -0.1) is 0 Å². The third kappa shape index (κ3) is 3.43. The molecule has 1 aromatic carbocycles. The van der Waals surface area contributed by atoms with Crippen LogP contribution in [0.2, 0.25) is 0 Å². The quantitative estimate of drug-likeness (QED) is 0.654. The Balaban J connectivity index is 1.44. The molecule has 30 heavy (non-hydrogen) atoms. The maximum Gasteiger partial charge on any atom is 0.242 e. The largest absolute Gasteiger partial charge is 0.312 e. The van der Waals surface area contributed by atoms with E-state index < -0.39 is 10.0 Å². The number of carbonyl (C=O) groups is 3. The highest BCUT2D eigenvalue weighted by Crippen LogP contribution is 2.38. The van der Waals surface area contributed by atoms with Gasteiger partial charge in [0.1, 0.15) is 0 Å². The molecule has 0 aromatic heterocycles. The first kappa shape index (κ1) is 21.0. The number of sulfonamides is 1. The third-order valence-electron chi connectivity index (χ3n) is 6.51. The Bertz CT molecular complexity index is 980. The summed E-state index contributed by atoms with van der Waals surface area (Å²) < 4.78 is 25.8. The number of amides is 3. The van der Waals surface area contributed by atoms with Gasteiger partial charge < -0.3 is 4.90 Å². The summed E-state index contributed by atoms with van der Waals surface area (Å²) in [7, 11) is -0.569. The lowest BCUT2D eigenvalue weighted by Gasteiger charge is -2.20. The number of imide groups is 1. The molecule has 1 aliphatic carbocycles. The second kappa shape index (κ2) is 7.77. The Morgan fingerprint density at radius 3 is 2.33 bits per heavy atom. The summed E-state index contributed by atoms with van der Waals surface area (Å²) in [6.45, 7) is 0.579. The third-order valence-corrected chi connectivity index (χ3v) is 8.32. The van der Waals surface area contributed by atoms with E-state index in [1.165, 1.54) is 25.1 Å². The zero-order valence-corrected chi connectivity index (χ0v) is 18.2. The van der Waals surface area contributed by atoms with Crippen molar-refractivity contribution in [1.29, 1.82) is 0 Å². The minimum Gasteiger partial charge on any atom is -0.312 e. The summed E-state index contributed by atoms with van der Waals surface area (Å²) in [4.78, 5) is 41.1. The number of benzene rings is 1. The van der Waals surface area contributed by atoms with Crippen LogP contribution in [0.25, 0.3) is 0 Å². The van der Waals surface area contributed by atoms with Crippen molar-refractivity contribution in [1.82, 2.24) is 9.21 Å². The number of carbonyl (C=O) groups excluding carboxylic acids is 3. The molecular weight excluding hydrogens is 406 g/mol. The zero-order chi connectivity index (χ0) is 21.6. The Labute approximate surface area is 176 Å². The first-order valence-corrected chi connectivity index (χ1v) is 11.9. The van der Waals surface area contributed by atoms with Crippen molar-refractivity contribution in [3.8, 4) is 0 Å². The molecule has 4 rings (SSSR count). The predicted molar refractivity (Wildman–Crippen MR) is 110 cm³/mol. The molecule has 3 aliphatic rings. The standard InChI is InChI=1S/C21H27N3O5S/c1-22(2)30(28,29)15-7-8-18-14(13-15)9-11-23(18)19(25)10-12-24-20(26)16-5-3-4-6-17(16)21(24)27/h7-8,13,16-17H,3-6,9-12H2,1-2H3/t16-,17-/m1/s1. The number of nitrogens with zero attached hydrogens (tertiary/aromatic N) is 3. The Hall–Kier alpha value is -2.26. The van der Waals surface area contributed by atoms with Crippen molar-refractivity contribution in [3.63, 3.8) is 0 Å². The summed E-state index contributed by atoms with van der Waals surface area (Å²) in [6.07, 6.45) is 4.12. The van der Waals surface area contributed by atoms with Crippen molar-refractivity contribution < 1.29 is 22.8 Å². The van der Waals surface area contributed by atoms with E-state index in [1.54, 1.807) is 17.0 Å². The molecule has 1 saturated carbocycles. The van der Waals surface area contributed by atoms with Gasteiger partial charge in [0.25, 0.3) is 0 Å². The van der Waals surface area contributed by atoms with Gasteiger partial charge in [-0.2, -0.15) is 0 Å². The topological polar surface area (TPSA) is 95.1 Å². The van der Waals surface area contributed by atoms with E-state index in [1.807, 2.05) is 0 Å². The molecule has 0 bridgehead atoms. The molecule has 8 nitrogen and oxygen atoms in total. The average molecular weight is 434 g/mol. The van der Waals surface area contributed by atoms with Gasteiger partial charge in [0.15, 0.2) is 0 Å². The molecule has 0 unspecified atom stereocenters. The van der Waals surface area contributed by atoms with Gasteiger partial charge in [0.05, 0.1) is 16.7 Å². The first-order chi connectivity index (χ1) is 14.2. The molecule has 2 fully saturated rings. The van der Waals surface area contributed by atoms with Crippen LogP contribution in [0, 0.1) is 11.8 Å². The van der Waals surface area contributed by atoms with E-state index in [0.717, 1.165) is 35.6 Å². The van der Waals surface area contributed by atoms with Crippen molar-refractivity contribution in [3.05, 3.63) is 23.8 Å². The van der Waals surface area contributed by atoms with Gasteiger partial charge in [-0.3, -0.25) is 19.3 Å². The molecule has 0 radical (unpaired) electrons. The highest BCUT2D eigenvalue weighted by Gasteiger charge is 2.48. The Kier molecular flexibility index (Phi) is 5.44. The van der Waals surface area contributed by atoms with Crippen LogP contribution in [0.3, 0.4) is 0 Å². The van der Waals surface area contributed by atoms with E-state index in [0.29, 0.717) is 18.7 Å². The minimum absolute atomic E-state index is 0.0775. The van der Waals surface area contributed by atoms with Crippen LogP contribution in [0.5, 0.6) is 0 Å². The summed E-state index contributed by atoms with van der Waals surface area (Å²) in [6, 6.07) is 4.80. The molecule has 1 saturated heterocycles. The summed E-state index contributed by atoms with van der Waals surface area (Å²) in [5.41, 5.74) is 1.51.